The van der Waals surface area contributed by atoms with Gasteiger partial charge in [-0.3, -0.25) is 9.59 Å². The minimum absolute atomic E-state index is 0.0177. The molecule has 0 heterocycles. The summed E-state index contributed by atoms with van der Waals surface area (Å²) in [6.45, 7) is -0.0177. The normalized spacial score (nSPS) is 14.3. The number of likely N-dealkylation sites (N-methyl/N-ethyl adjacent to an activating group) is 1. The highest BCUT2D eigenvalue weighted by molar-refractivity contribution is 6.06. The molecule has 6 heteroatoms. The summed E-state index contributed by atoms with van der Waals surface area (Å²) in [6.07, 6.45) is -0.653. The van der Waals surface area contributed by atoms with Crippen LogP contribution in [0, 0.1) is 0 Å². The van der Waals surface area contributed by atoms with Crippen LogP contribution >= 0.6 is 0 Å². The van der Waals surface area contributed by atoms with E-state index in [1.807, 2.05) is 0 Å². The number of methoxy groups -OCH3 is 1. The molecule has 2 N–H and O–H groups in total. The Labute approximate surface area is 124 Å². The second kappa shape index (κ2) is 6.24. The molecule has 0 saturated carbocycles. The van der Waals surface area contributed by atoms with Gasteiger partial charge < -0.3 is 19.4 Å². The molecule has 1 atom stereocenters. The maximum Gasteiger partial charge on any atom is 0.307 e. The molecule has 6 nitrogen and oxygen atoms in total. The van der Waals surface area contributed by atoms with Crippen molar-refractivity contribution in [2.75, 3.05) is 34.8 Å². The second-order valence-corrected chi connectivity index (χ2v) is 6.08. The van der Waals surface area contributed by atoms with Crippen molar-refractivity contribution in [2.24, 2.45) is 0 Å². The van der Waals surface area contributed by atoms with Crippen molar-refractivity contribution in [3.8, 4) is 5.75 Å². The van der Waals surface area contributed by atoms with Crippen molar-refractivity contribution in [2.45, 2.75) is 12.0 Å². The lowest BCUT2D eigenvalue weighted by Gasteiger charge is -2.33. The zero-order valence-electron chi connectivity index (χ0n) is 12.8. The summed E-state index contributed by atoms with van der Waals surface area (Å²) in [5.74, 6) is -1.56. The van der Waals surface area contributed by atoms with Crippen LogP contribution in [0.5, 0.6) is 5.75 Å². The van der Waals surface area contributed by atoms with Crippen LogP contribution in [0.4, 0.5) is 0 Å². The Bertz CT molecular complexity index is 535. The molecule has 0 radical (unpaired) electrons. The fourth-order valence-corrected chi connectivity index (χ4v) is 2.33. The first-order valence-electron chi connectivity index (χ1n) is 6.51. The molecule has 21 heavy (non-hydrogen) atoms. The maximum absolute atomic E-state index is 12.7. The van der Waals surface area contributed by atoms with E-state index in [9.17, 15) is 14.7 Å². The molecule has 116 valence electrons. The van der Waals surface area contributed by atoms with Crippen LogP contribution in [-0.2, 0) is 4.79 Å². The molecule has 0 aromatic heterocycles. The molecule has 0 aliphatic rings. The Morgan fingerprint density at radius 1 is 1.24 bits per heavy atom. The number of para-hydroxylation sites is 1. The third-order valence-corrected chi connectivity index (χ3v) is 2.95. The topological polar surface area (TPSA) is 83.8 Å². The van der Waals surface area contributed by atoms with Crippen molar-refractivity contribution in [3.63, 3.8) is 0 Å². The highest BCUT2D eigenvalue weighted by Gasteiger charge is 2.44. The smallest absolute Gasteiger partial charge is 0.307 e. The molecule has 0 aliphatic heterocycles. The molecule has 0 bridgehead atoms. The zero-order valence-corrected chi connectivity index (χ0v) is 12.8. The third-order valence-electron chi connectivity index (χ3n) is 2.95. The highest BCUT2D eigenvalue weighted by atomic mass is 16.5. The fourth-order valence-electron chi connectivity index (χ4n) is 2.33. The Kier molecular flexibility index (Phi) is 5.09. The Morgan fingerprint density at radius 3 is 2.29 bits per heavy atom. The maximum atomic E-state index is 12.7. The van der Waals surface area contributed by atoms with Gasteiger partial charge in [0.2, 0.25) is 5.78 Å². The van der Waals surface area contributed by atoms with Crippen molar-refractivity contribution in [1.82, 2.24) is 0 Å². The van der Waals surface area contributed by atoms with E-state index in [1.165, 1.54) is 13.2 Å². The lowest BCUT2D eigenvalue weighted by Crippen LogP contribution is -2.54. The summed E-state index contributed by atoms with van der Waals surface area (Å²) >= 11 is 0. The number of hydrogen-bond donors (Lipinski definition) is 2. The molecular weight excluding hydrogens is 274 g/mol. The number of carboxylic acids is 1. The van der Waals surface area contributed by atoms with Gasteiger partial charge in [0.15, 0.2) is 5.60 Å². The van der Waals surface area contributed by atoms with Gasteiger partial charge in [-0.1, -0.05) is 12.1 Å². The first-order valence-corrected chi connectivity index (χ1v) is 6.51. The van der Waals surface area contributed by atoms with Gasteiger partial charge in [0, 0.05) is 0 Å². The molecule has 0 saturated heterocycles. The van der Waals surface area contributed by atoms with E-state index in [-0.39, 0.29) is 16.6 Å². The van der Waals surface area contributed by atoms with E-state index in [1.54, 1.807) is 39.3 Å². The number of nitrogens with zero attached hydrogens (tertiary/aromatic N) is 1. The number of aliphatic hydroxyl groups is 1. The predicted molar refractivity (Wildman–Crippen MR) is 77.4 cm³/mol. The largest absolute Gasteiger partial charge is 0.496 e. The molecule has 1 unspecified atom stereocenters. The summed E-state index contributed by atoms with van der Waals surface area (Å²) in [6, 6.07) is 6.46. The minimum Gasteiger partial charge on any atom is -0.496 e. The van der Waals surface area contributed by atoms with E-state index in [0.717, 1.165) is 0 Å². The summed E-state index contributed by atoms with van der Waals surface area (Å²) in [5.41, 5.74) is -1.81. The second-order valence-electron chi connectivity index (χ2n) is 6.08. The lowest BCUT2D eigenvalue weighted by molar-refractivity contribution is -0.875. The van der Waals surface area contributed by atoms with E-state index in [2.05, 4.69) is 0 Å². The molecule has 0 spiro atoms. The number of carbonyl (C=O) groups is 2. The van der Waals surface area contributed by atoms with Crippen LogP contribution in [0.25, 0.3) is 0 Å². The number of carboxylic acid groups (broad SMARTS) is 1. The summed E-state index contributed by atoms with van der Waals surface area (Å²) < 4.78 is 5.37. The van der Waals surface area contributed by atoms with Gasteiger partial charge in [-0.25, -0.2) is 0 Å². The standard InChI is InChI=1S/C15H21NO5/c1-16(2,3)10-15(20,9-13(17)18)14(19)11-7-5-6-8-12(11)21-4/h5-8,20H,9-10H2,1-4H3/p+1. The van der Waals surface area contributed by atoms with Crippen LogP contribution in [0.3, 0.4) is 0 Å². The quantitative estimate of drug-likeness (QED) is 0.574. The van der Waals surface area contributed by atoms with Crippen LogP contribution in [0.1, 0.15) is 16.8 Å². The van der Waals surface area contributed by atoms with Gasteiger partial charge in [-0.2, -0.15) is 0 Å². The number of ketones is 1. The number of ether oxygens (including phenoxy) is 1. The number of benzene rings is 1. The van der Waals surface area contributed by atoms with Crippen LogP contribution in [0.2, 0.25) is 0 Å². The van der Waals surface area contributed by atoms with E-state index < -0.39 is 23.8 Å². The lowest BCUT2D eigenvalue weighted by atomic mass is 9.88. The average Bonchev–Trinajstić information content (AvgIpc) is 2.34. The fraction of sp³-hybridized carbons (Fsp3) is 0.467. The minimum atomic E-state index is -1.99. The van der Waals surface area contributed by atoms with Gasteiger partial charge in [-0.05, 0) is 12.1 Å². The number of quaternary nitrogens is 1. The summed E-state index contributed by atoms with van der Waals surface area (Å²) in [7, 11) is 6.76. The number of aliphatic carboxylic acids is 1. The number of hydrogen-bond acceptors (Lipinski definition) is 4. The molecule has 1 rings (SSSR count). The highest BCUT2D eigenvalue weighted by Crippen LogP contribution is 2.26. The SMILES string of the molecule is COc1ccccc1C(=O)C(O)(CC(=O)O)C[N+](C)(C)C. The van der Waals surface area contributed by atoms with E-state index >= 15 is 0 Å². The Hall–Kier alpha value is -1.92. The van der Waals surface area contributed by atoms with Gasteiger partial charge in [0.25, 0.3) is 0 Å². The monoisotopic (exact) mass is 296 g/mol. The summed E-state index contributed by atoms with van der Waals surface area (Å²) in [5, 5.41) is 19.7. The van der Waals surface area contributed by atoms with Crippen molar-refractivity contribution < 1.29 is 29.0 Å². The molecule has 0 fully saturated rings. The van der Waals surface area contributed by atoms with Crippen LogP contribution < -0.4 is 4.74 Å². The molecular formula is C15H22NO5+. The van der Waals surface area contributed by atoms with Crippen molar-refractivity contribution in [1.29, 1.82) is 0 Å². The van der Waals surface area contributed by atoms with Crippen LogP contribution in [0.15, 0.2) is 24.3 Å². The Morgan fingerprint density at radius 2 is 1.81 bits per heavy atom. The number of Topliss-reactive ketones (excluding diaryl/α,β-unsaturated/α-hetero) is 1. The molecule has 1 aromatic rings. The van der Waals surface area contributed by atoms with Crippen molar-refractivity contribution >= 4 is 11.8 Å². The molecule has 0 amide bonds. The third kappa shape index (κ3) is 4.54. The zero-order chi connectivity index (χ0) is 16.3. The summed E-state index contributed by atoms with van der Waals surface area (Å²) in [4.78, 5) is 23.7. The van der Waals surface area contributed by atoms with Gasteiger partial charge >= 0.3 is 5.97 Å². The first kappa shape index (κ1) is 17.1. The van der Waals surface area contributed by atoms with Crippen LogP contribution in [-0.4, -0.2) is 66.8 Å². The van der Waals surface area contributed by atoms with Crippen molar-refractivity contribution in [3.05, 3.63) is 29.8 Å². The molecule has 0 aliphatic carbocycles. The van der Waals surface area contributed by atoms with Gasteiger partial charge in [-0.15, -0.1) is 0 Å². The van der Waals surface area contributed by atoms with E-state index in [0.29, 0.717) is 5.75 Å². The van der Waals surface area contributed by atoms with Gasteiger partial charge in [0.05, 0.1) is 40.2 Å². The first-order chi connectivity index (χ1) is 9.59. The Balaban J connectivity index is 3.25. The van der Waals surface area contributed by atoms with Gasteiger partial charge in [0.1, 0.15) is 12.3 Å². The number of carbonyl (C=O) groups excluding carboxylic acids is 1. The predicted octanol–water partition coefficient (Wildman–Crippen LogP) is 0.790. The number of rotatable bonds is 7. The van der Waals surface area contributed by atoms with E-state index in [4.69, 9.17) is 9.84 Å². The molecule has 1 aromatic carbocycles. The average molecular weight is 296 g/mol.